The molecule has 8 heavy (non-hydrogen) atoms. The summed E-state index contributed by atoms with van der Waals surface area (Å²) in [6, 6.07) is 0. The minimum absolute atomic E-state index is 0.564. The van der Waals surface area contributed by atoms with Crippen molar-refractivity contribution in [2.45, 2.75) is 6.10 Å². The molecule has 0 aromatic heterocycles. The van der Waals surface area contributed by atoms with Gasteiger partial charge in [-0.2, -0.15) is 0 Å². The van der Waals surface area contributed by atoms with Crippen LogP contribution in [0.15, 0.2) is 0 Å². The molecule has 0 rings (SSSR count). The standard InChI is InChI=1S/C4H6O3S/c5-1-3(6)4(7)2-8/h2-3,5-6H,1H2. The maximum atomic E-state index is 10.2. The van der Waals surface area contributed by atoms with Crippen LogP contribution in [0.5, 0.6) is 0 Å². The van der Waals surface area contributed by atoms with Crippen LogP contribution in [0.3, 0.4) is 0 Å². The summed E-state index contributed by atoms with van der Waals surface area (Å²) in [4.78, 5) is 10.2. The van der Waals surface area contributed by atoms with Gasteiger partial charge in [0.2, 0.25) is 0 Å². The Bertz CT molecular complexity index is 101. The monoisotopic (exact) mass is 134 g/mol. The molecule has 0 aliphatic carbocycles. The number of carbonyl (C=O) groups excluding carboxylic acids is 1. The van der Waals surface area contributed by atoms with Crippen LogP contribution in [0, 0.1) is 0 Å². The smallest absolute Gasteiger partial charge is 0.197 e. The molecule has 1 atom stereocenters. The molecule has 4 heteroatoms. The van der Waals surface area contributed by atoms with Crippen LogP contribution in [0.25, 0.3) is 0 Å². The van der Waals surface area contributed by atoms with E-state index in [0.29, 0.717) is 0 Å². The average molecular weight is 134 g/mol. The van der Waals surface area contributed by atoms with Crippen LogP contribution < -0.4 is 0 Å². The van der Waals surface area contributed by atoms with Crippen LogP contribution in [-0.2, 0) is 4.79 Å². The van der Waals surface area contributed by atoms with Crippen molar-refractivity contribution < 1.29 is 15.0 Å². The van der Waals surface area contributed by atoms with E-state index in [0.717, 1.165) is 5.37 Å². The molecule has 0 bridgehead atoms. The van der Waals surface area contributed by atoms with Crippen LogP contribution in [0.4, 0.5) is 0 Å². The number of carbonyl (C=O) groups is 1. The normalized spacial score (nSPS) is 12.8. The van der Waals surface area contributed by atoms with Gasteiger partial charge in [0.05, 0.1) is 6.61 Å². The predicted molar refractivity (Wildman–Crippen MR) is 31.8 cm³/mol. The number of ketones is 1. The Balaban J connectivity index is 3.62. The van der Waals surface area contributed by atoms with Gasteiger partial charge in [0.25, 0.3) is 0 Å². The molecular formula is C4H6O3S. The number of thiocarbonyl (C=S) groups is 1. The highest BCUT2D eigenvalue weighted by atomic mass is 32.1. The van der Waals surface area contributed by atoms with Gasteiger partial charge in [0.1, 0.15) is 6.10 Å². The van der Waals surface area contributed by atoms with Crippen molar-refractivity contribution in [1.29, 1.82) is 0 Å². The van der Waals surface area contributed by atoms with Crippen LogP contribution in [0.1, 0.15) is 0 Å². The van der Waals surface area contributed by atoms with Gasteiger partial charge in [-0.3, -0.25) is 4.79 Å². The number of rotatable bonds is 3. The molecule has 46 valence electrons. The summed E-state index contributed by atoms with van der Waals surface area (Å²) in [6.07, 6.45) is -1.33. The largest absolute Gasteiger partial charge is 0.393 e. The zero-order chi connectivity index (χ0) is 6.57. The minimum atomic E-state index is -1.33. The van der Waals surface area contributed by atoms with Gasteiger partial charge in [-0.05, 0) is 0 Å². The Kier molecular flexibility index (Phi) is 3.51. The van der Waals surface area contributed by atoms with Gasteiger partial charge in [-0.15, -0.1) is 0 Å². The Morgan fingerprint density at radius 3 is 2.50 bits per heavy atom. The highest BCUT2D eigenvalue weighted by Gasteiger charge is 2.08. The molecule has 3 nitrogen and oxygen atoms in total. The van der Waals surface area contributed by atoms with E-state index in [2.05, 4.69) is 12.2 Å². The molecular weight excluding hydrogens is 128 g/mol. The van der Waals surface area contributed by atoms with Crippen LogP contribution in [0.2, 0.25) is 0 Å². The van der Waals surface area contributed by atoms with E-state index < -0.39 is 18.5 Å². The summed E-state index contributed by atoms with van der Waals surface area (Å²) in [5.74, 6) is -0.623. The van der Waals surface area contributed by atoms with Crippen LogP contribution >= 0.6 is 12.2 Å². The quantitative estimate of drug-likeness (QED) is 0.481. The SMILES string of the molecule is O=C(C=S)C(O)CO. The third-order valence-corrected chi connectivity index (χ3v) is 0.850. The fraction of sp³-hybridized carbons (Fsp3) is 0.500. The molecule has 0 aromatic carbocycles. The van der Waals surface area contributed by atoms with Crippen molar-refractivity contribution in [3.63, 3.8) is 0 Å². The first-order chi connectivity index (χ1) is 3.72. The zero-order valence-electron chi connectivity index (χ0n) is 4.07. The molecule has 0 aliphatic heterocycles. The maximum absolute atomic E-state index is 10.2. The first kappa shape index (κ1) is 7.68. The highest BCUT2D eigenvalue weighted by Crippen LogP contribution is 1.79. The lowest BCUT2D eigenvalue weighted by Crippen LogP contribution is -2.24. The summed E-state index contributed by atoms with van der Waals surface area (Å²) in [5, 5.41) is 17.3. The third kappa shape index (κ3) is 2.11. The fourth-order valence-electron chi connectivity index (χ4n) is 0.169. The highest BCUT2D eigenvalue weighted by molar-refractivity contribution is 7.80. The first-order valence-electron chi connectivity index (χ1n) is 2.00. The second-order valence-corrected chi connectivity index (χ2v) is 1.45. The zero-order valence-corrected chi connectivity index (χ0v) is 4.89. The van der Waals surface area contributed by atoms with Crippen molar-refractivity contribution in [1.82, 2.24) is 0 Å². The Labute approximate surface area is 51.9 Å². The molecule has 0 saturated carbocycles. The lowest BCUT2D eigenvalue weighted by molar-refractivity contribution is -0.121. The van der Waals surface area contributed by atoms with Gasteiger partial charge in [-0.25, -0.2) is 0 Å². The van der Waals surface area contributed by atoms with Crippen molar-refractivity contribution >= 4 is 23.4 Å². The summed E-state index contributed by atoms with van der Waals surface area (Å²) >= 11 is 4.17. The van der Waals surface area contributed by atoms with E-state index in [1.807, 2.05) is 0 Å². The van der Waals surface area contributed by atoms with E-state index in [1.54, 1.807) is 0 Å². The molecule has 1 unspecified atom stereocenters. The lowest BCUT2D eigenvalue weighted by Gasteiger charge is -1.97. The summed E-state index contributed by atoms with van der Waals surface area (Å²) < 4.78 is 0. The van der Waals surface area contributed by atoms with Gasteiger partial charge in [0, 0.05) is 5.37 Å². The van der Waals surface area contributed by atoms with E-state index in [-0.39, 0.29) is 0 Å². The summed E-state index contributed by atoms with van der Waals surface area (Å²) in [6.45, 7) is -0.564. The van der Waals surface area contributed by atoms with E-state index in [4.69, 9.17) is 10.2 Å². The second-order valence-electron chi connectivity index (χ2n) is 1.22. The topological polar surface area (TPSA) is 57.5 Å². The van der Waals surface area contributed by atoms with Gasteiger partial charge < -0.3 is 10.2 Å². The Morgan fingerprint density at radius 1 is 1.88 bits per heavy atom. The molecule has 0 heterocycles. The number of hydrogen-bond acceptors (Lipinski definition) is 4. The maximum Gasteiger partial charge on any atom is 0.197 e. The predicted octanol–water partition coefficient (Wildman–Crippen LogP) is -1.09. The summed E-state index contributed by atoms with van der Waals surface area (Å²) in [5.41, 5.74) is 0. The van der Waals surface area contributed by atoms with E-state index >= 15 is 0 Å². The lowest BCUT2D eigenvalue weighted by atomic mass is 10.3. The average Bonchev–Trinajstić information content (AvgIpc) is 1.84. The minimum Gasteiger partial charge on any atom is -0.393 e. The van der Waals surface area contributed by atoms with Crippen molar-refractivity contribution in [2.24, 2.45) is 0 Å². The van der Waals surface area contributed by atoms with Crippen molar-refractivity contribution in [2.75, 3.05) is 6.61 Å². The Hall–Kier alpha value is -0.320. The number of Topliss-reactive ketones (excluding diaryl/α,β-unsaturated/α-hetero) is 1. The molecule has 0 saturated heterocycles. The van der Waals surface area contributed by atoms with Crippen LogP contribution in [-0.4, -0.2) is 34.1 Å². The second kappa shape index (κ2) is 3.65. The fourth-order valence-corrected chi connectivity index (χ4v) is 0.326. The third-order valence-electron chi connectivity index (χ3n) is 0.618. The molecule has 0 fully saturated rings. The first-order valence-corrected chi connectivity index (χ1v) is 2.47. The number of aliphatic hydroxyl groups is 2. The van der Waals surface area contributed by atoms with Gasteiger partial charge in [-0.1, -0.05) is 12.2 Å². The summed E-state index contributed by atoms with van der Waals surface area (Å²) in [7, 11) is 0. The number of hydrogen-bond donors (Lipinski definition) is 2. The van der Waals surface area contributed by atoms with E-state index in [9.17, 15) is 4.79 Å². The van der Waals surface area contributed by atoms with Crippen molar-refractivity contribution in [3.8, 4) is 0 Å². The van der Waals surface area contributed by atoms with Gasteiger partial charge >= 0.3 is 0 Å². The number of aliphatic hydroxyl groups excluding tert-OH is 2. The molecule has 0 spiro atoms. The molecule has 0 aromatic rings. The molecule has 0 amide bonds. The molecule has 2 N–H and O–H groups in total. The van der Waals surface area contributed by atoms with Gasteiger partial charge in [0.15, 0.2) is 5.78 Å². The molecule has 0 aliphatic rings. The molecule has 0 radical (unpaired) electrons. The van der Waals surface area contributed by atoms with Crippen molar-refractivity contribution in [3.05, 3.63) is 0 Å². The Morgan fingerprint density at radius 2 is 2.38 bits per heavy atom. The van der Waals surface area contributed by atoms with E-state index in [1.165, 1.54) is 0 Å².